The van der Waals surface area contributed by atoms with Crippen molar-refractivity contribution in [3.05, 3.63) is 18.0 Å². The van der Waals surface area contributed by atoms with Crippen LogP contribution in [0.2, 0.25) is 0 Å². The van der Waals surface area contributed by atoms with Crippen LogP contribution in [0.25, 0.3) is 0 Å². The van der Waals surface area contributed by atoms with Crippen LogP contribution in [0.15, 0.2) is 16.8 Å². The zero-order valence-electron chi connectivity index (χ0n) is 8.23. The fourth-order valence-corrected chi connectivity index (χ4v) is 1.39. The fourth-order valence-electron chi connectivity index (χ4n) is 1.39. The first-order valence-electron chi connectivity index (χ1n) is 4.86. The Morgan fingerprint density at radius 3 is 3.27 bits per heavy atom. The minimum absolute atomic E-state index is 0.125. The molecule has 0 saturated carbocycles. The Hall–Kier alpha value is -1.56. The monoisotopic (exact) mass is 211 g/mol. The molecule has 1 atom stereocenters. The molecule has 0 aromatic carbocycles. The Morgan fingerprint density at radius 2 is 2.60 bits per heavy atom. The third kappa shape index (κ3) is 2.95. The highest BCUT2D eigenvalue weighted by molar-refractivity contribution is 5.74. The van der Waals surface area contributed by atoms with Gasteiger partial charge in [0.1, 0.15) is 0 Å². The van der Waals surface area contributed by atoms with Gasteiger partial charge >= 0.3 is 6.03 Å². The Balaban J connectivity index is 1.68. The van der Waals surface area contributed by atoms with Crippen molar-refractivity contribution >= 4 is 6.03 Å². The number of amides is 2. The maximum Gasteiger partial charge on any atom is 0.315 e. The summed E-state index contributed by atoms with van der Waals surface area (Å²) in [6.07, 6.45) is 2.41. The number of aromatic nitrogens is 1. The van der Waals surface area contributed by atoms with Gasteiger partial charge in [-0.3, -0.25) is 0 Å². The van der Waals surface area contributed by atoms with E-state index in [2.05, 4.69) is 15.8 Å². The maximum atomic E-state index is 11.4. The summed E-state index contributed by atoms with van der Waals surface area (Å²) in [5, 5.41) is 9.01. The molecule has 6 nitrogen and oxygen atoms in total. The third-order valence-electron chi connectivity index (χ3n) is 2.18. The second-order valence-electron chi connectivity index (χ2n) is 3.37. The van der Waals surface area contributed by atoms with Crippen molar-refractivity contribution in [3.8, 4) is 0 Å². The summed E-state index contributed by atoms with van der Waals surface area (Å²) < 4.78 is 9.97. The van der Waals surface area contributed by atoms with Crippen LogP contribution in [0.3, 0.4) is 0 Å². The topological polar surface area (TPSA) is 76.4 Å². The average Bonchev–Trinajstić information content (AvgIpc) is 2.86. The normalized spacial score (nSPS) is 20.1. The van der Waals surface area contributed by atoms with Gasteiger partial charge in [-0.05, 0) is 6.42 Å². The van der Waals surface area contributed by atoms with E-state index in [1.165, 1.54) is 0 Å². The molecule has 2 heterocycles. The molecule has 2 amide bonds. The van der Waals surface area contributed by atoms with E-state index < -0.39 is 0 Å². The molecule has 1 saturated heterocycles. The molecule has 15 heavy (non-hydrogen) atoms. The van der Waals surface area contributed by atoms with Crippen LogP contribution < -0.4 is 10.6 Å². The summed E-state index contributed by atoms with van der Waals surface area (Å²) in [6.45, 7) is 1.65. The summed E-state index contributed by atoms with van der Waals surface area (Å²) >= 11 is 0. The minimum atomic E-state index is -0.207. The molecule has 0 aliphatic carbocycles. The molecule has 0 spiro atoms. The summed E-state index contributed by atoms with van der Waals surface area (Å²) in [7, 11) is 0. The quantitative estimate of drug-likeness (QED) is 0.752. The largest absolute Gasteiger partial charge is 0.379 e. The standard InChI is InChI=1S/C9H13N3O3/c13-9(12-7-2-4-14-6-7)10-5-8-1-3-11-15-8/h1,3,7H,2,4-6H2,(H2,10,12,13). The Morgan fingerprint density at radius 1 is 1.67 bits per heavy atom. The lowest BCUT2D eigenvalue weighted by Gasteiger charge is -2.10. The molecule has 82 valence electrons. The lowest BCUT2D eigenvalue weighted by atomic mass is 10.3. The highest BCUT2D eigenvalue weighted by atomic mass is 16.5. The number of ether oxygens (including phenoxy) is 1. The number of hydrogen-bond donors (Lipinski definition) is 2. The molecule has 0 radical (unpaired) electrons. The highest BCUT2D eigenvalue weighted by Crippen LogP contribution is 2.02. The number of nitrogens with zero attached hydrogens (tertiary/aromatic N) is 1. The molecule has 6 heteroatoms. The van der Waals surface area contributed by atoms with Gasteiger partial charge in [-0.25, -0.2) is 4.79 Å². The molecule has 2 rings (SSSR count). The van der Waals surface area contributed by atoms with Crippen molar-refractivity contribution in [1.29, 1.82) is 0 Å². The van der Waals surface area contributed by atoms with Gasteiger partial charge in [0.2, 0.25) is 0 Å². The number of nitrogens with one attached hydrogen (secondary N) is 2. The Bertz CT molecular complexity index is 306. The number of hydrogen-bond acceptors (Lipinski definition) is 4. The molecule has 1 fully saturated rings. The van der Waals surface area contributed by atoms with E-state index in [-0.39, 0.29) is 12.1 Å². The first-order chi connectivity index (χ1) is 7.34. The molecule has 1 unspecified atom stereocenters. The molecule has 1 aromatic rings. The van der Waals surface area contributed by atoms with E-state index in [0.717, 1.165) is 6.42 Å². The van der Waals surface area contributed by atoms with E-state index >= 15 is 0 Å². The lowest BCUT2D eigenvalue weighted by Crippen LogP contribution is -2.41. The smallest absolute Gasteiger partial charge is 0.315 e. The summed E-state index contributed by atoms with van der Waals surface area (Å²) in [4.78, 5) is 11.4. The predicted octanol–water partition coefficient (Wildman–Crippen LogP) is 0.263. The molecule has 1 aliphatic rings. The van der Waals surface area contributed by atoms with Crippen molar-refractivity contribution in [2.45, 2.75) is 19.0 Å². The van der Waals surface area contributed by atoms with Crippen LogP contribution in [0.1, 0.15) is 12.2 Å². The van der Waals surface area contributed by atoms with Gasteiger partial charge in [0, 0.05) is 12.7 Å². The van der Waals surface area contributed by atoms with Crippen molar-refractivity contribution in [1.82, 2.24) is 15.8 Å². The first-order valence-corrected chi connectivity index (χ1v) is 4.86. The van der Waals surface area contributed by atoms with Crippen LogP contribution in [0.5, 0.6) is 0 Å². The van der Waals surface area contributed by atoms with Crippen molar-refractivity contribution in [3.63, 3.8) is 0 Å². The van der Waals surface area contributed by atoms with Crippen LogP contribution in [0, 0.1) is 0 Å². The van der Waals surface area contributed by atoms with E-state index in [1.807, 2.05) is 0 Å². The zero-order chi connectivity index (χ0) is 10.5. The van der Waals surface area contributed by atoms with E-state index in [1.54, 1.807) is 12.3 Å². The highest BCUT2D eigenvalue weighted by Gasteiger charge is 2.17. The van der Waals surface area contributed by atoms with Gasteiger partial charge in [-0.1, -0.05) is 5.16 Å². The number of carbonyl (C=O) groups is 1. The summed E-state index contributed by atoms with van der Waals surface area (Å²) in [6, 6.07) is 1.63. The molecular weight excluding hydrogens is 198 g/mol. The van der Waals surface area contributed by atoms with Crippen LogP contribution in [-0.2, 0) is 11.3 Å². The van der Waals surface area contributed by atoms with Gasteiger partial charge in [0.05, 0.1) is 25.4 Å². The van der Waals surface area contributed by atoms with Crippen molar-refractivity contribution in [2.75, 3.05) is 13.2 Å². The molecule has 0 bridgehead atoms. The van der Waals surface area contributed by atoms with Crippen LogP contribution in [0.4, 0.5) is 4.79 Å². The summed E-state index contributed by atoms with van der Waals surface area (Å²) in [5.41, 5.74) is 0. The van der Waals surface area contributed by atoms with Crippen LogP contribution in [-0.4, -0.2) is 30.4 Å². The number of rotatable bonds is 3. The van der Waals surface area contributed by atoms with Gasteiger partial charge in [0.15, 0.2) is 5.76 Å². The molecular formula is C9H13N3O3. The first kappa shape index (κ1) is 9.97. The zero-order valence-corrected chi connectivity index (χ0v) is 8.23. The lowest BCUT2D eigenvalue weighted by molar-refractivity contribution is 0.188. The van der Waals surface area contributed by atoms with Gasteiger partial charge in [0.25, 0.3) is 0 Å². The van der Waals surface area contributed by atoms with Crippen LogP contribution >= 0.6 is 0 Å². The third-order valence-corrected chi connectivity index (χ3v) is 2.18. The summed E-state index contributed by atoms with van der Waals surface area (Å²) in [5.74, 6) is 0.632. The Kier molecular flexibility index (Phi) is 3.18. The number of carbonyl (C=O) groups excluding carboxylic acids is 1. The SMILES string of the molecule is O=C(NCc1ccno1)NC1CCOC1. The average molecular weight is 211 g/mol. The van der Waals surface area contributed by atoms with Gasteiger partial charge in [-0.15, -0.1) is 0 Å². The van der Waals surface area contributed by atoms with Gasteiger partial charge < -0.3 is 19.9 Å². The van der Waals surface area contributed by atoms with Crippen molar-refractivity contribution in [2.24, 2.45) is 0 Å². The maximum absolute atomic E-state index is 11.4. The fraction of sp³-hybridized carbons (Fsp3) is 0.556. The molecule has 1 aromatic heterocycles. The second-order valence-corrected chi connectivity index (χ2v) is 3.37. The van der Waals surface area contributed by atoms with E-state index in [4.69, 9.17) is 9.26 Å². The molecule has 2 N–H and O–H groups in total. The number of urea groups is 1. The van der Waals surface area contributed by atoms with Crippen molar-refractivity contribution < 1.29 is 14.1 Å². The van der Waals surface area contributed by atoms with E-state index in [0.29, 0.717) is 25.5 Å². The van der Waals surface area contributed by atoms with E-state index in [9.17, 15) is 4.79 Å². The minimum Gasteiger partial charge on any atom is -0.379 e. The Labute approximate surface area is 87.0 Å². The second kappa shape index (κ2) is 4.79. The van der Waals surface area contributed by atoms with Gasteiger partial charge in [-0.2, -0.15) is 0 Å². The predicted molar refractivity (Wildman–Crippen MR) is 51.1 cm³/mol. The molecule has 1 aliphatic heterocycles.